The number of pyridine rings is 1. The van der Waals surface area contributed by atoms with Gasteiger partial charge in [-0.25, -0.2) is 14.4 Å². The van der Waals surface area contributed by atoms with Crippen molar-refractivity contribution in [1.29, 1.82) is 0 Å². The summed E-state index contributed by atoms with van der Waals surface area (Å²) in [5.74, 6) is 1.22. The Kier molecular flexibility index (Phi) is 3.72. The summed E-state index contributed by atoms with van der Waals surface area (Å²) in [6.45, 7) is 3.83. The van der Waals surface area contributed by atoms with Gasteiger partial charge in [-0.1, -0.05) is 6.07 Å². The highest BCUT2D eigenvalue weighted by Gasteiger charge is 2.12. The van der Waals surface area contributed by atoms with E-state index in [9.17, 15) is 4.39 Å². The van der Waals surface area contributed by atoms with Gasteiger partial charge in [0.05, 0.1) is 11.7 Å². The third-order valence-corrected chi connectivity index (χ3v) is 4.33. The monoisotopic (exact) mass is 335 g/mol. The standard InChI is InChI=1S/C19H18FN5/c1-12(23-18-6-4-14-7-8-22-19(14)24-18)15-3-5-17(16(20)11-15)25-10-9-21-13(25)2/h3-12H,1-2H3,(H2,22,23,24). The predicted octanol–water partition coefficient (Wildman–Crippen LogP) is 4.37. The van der Waals surface area contributed by atoms with E-state index in [0.717, 1.165) is 28.2 Å². The largest absolute Gasteiger partial charge is 0.363 e. The third kappa shape index (κ3) is 2.87. The van der Waals surface area contributed by atoms with Crippen molar-refractivity contribution in [2.24, 2.45) is 0 Å². The highest BCUT2D eigenvalue weighted by Crippen LogP contribution is 2.23. The third-order valence-electron chi connectivity index (χ3n) is 4.33. The van der Waals surface area contributed by atoms with E-state index in [1.165, 1.54) is 0 Å². The molecule has 3 heterocycles. The van der Waals surface area contributed by atoms with Gasteiger partial charge in [-0.3, -0.25) is 0 Å². The molecule has 25 heavy (non-hydrogen) atoms. The van der Waals surface area contributed by atoms with Crippen molar-refractivity contribution >= 4 is 16.9 Å². The Morgan fingerprint density at radius 2 is 2.08 bits per heavy atom. The summed E-state index contributed by atoms with van der Waals surface area (Å²) < 4.78 is 16.3. The first kappa shape index (κ1) is 15.4. The van der Waals surface area contributed by atoms with E-state index in [4.69, 9.17) is 0 Å². The smallest absolute Gasteiger partial charge is 0.147 e. The van der Waals surface area contributed by atoms with Crippen LogP contribution in [0.15, 0.2) is 55.0 Å². The van der Waals surface area contributed by atoms with Crippen LogP contribution in [0.25, 0.3) is 16.7 Å². The molecule has 1 aromatic carbocycles. The Morgan fingerprint density at radius 1 is 1.20 bits per heavy atom. The van der Waals surface area contributed by atoms with Crippen molar-refractivity contribution in [3.63, 3.8) is 0 Å². The number of hydrogen-bond donors (Lipinski definition) is 2. The molecule has 4 rings (SSSR count). The maximum Gasteiger partial charge on any atom is 0.147 e. The normalized spacial score (nSPS) is 12.4. The highest BCUT2D eigenvalue weighted by molar-refractivity contribution is 5.77. The van der Waals surface area contributed by atoms with Crippen LogP contribution < -0.4 is 5.32 Å². The minimum absolute atomic E-state index is 0.0765. The first-order valence-electron chi connectivity index (χ1n) is 8.12. The molecule has 0 aliphatic carbocycles. The number of imidazole rings is 1. The first-order chi connectivity index (χ1) is 12.1. The number of hydrogen-bond acceptors (Lipinski definition) is 3. The van der Waals surface area contributed by atoms with E-state index >= 15 is 0 Å². The molecule has 2 N–H and O–H groups in total. The second-order valence-electron chi connectivity index (χ2n) is 6.03. The summed E-state index contributed by atoms with van der Waals surface area (Å²) >= 11 is 0. The van der Waals surface area contributed by atoms with E-state index in [2.05, 4.69) is 20.3 Å². The fourth-order valence-corrected chi connectivity index (χ4v) is 2.94. The lowest BCUT2D eigenvalue weighted by molar-refractivity contribution is 0.612. The van der Waals surface area contributed by atoms with E-state index in [1.54, 1.807) is 29.1 Å². The molecule has 0 aliphatic heterocycles. The lowest BCUT2D eigenvalue weighted by Crippen LogP contribution is -2.09. The number of H-pyrrole nitrogens is 1. The van der Waals surface area contributed by atoms with Gasteiger partial charge in [0.1, 0.15) is 23.1 Å². The van der Waals surface area contributed by atoms with Crippen LogP contribution in [-0.4, -0.2) is 19.5 Å². The molecule has 0 bridgehead atoms. The predicted molar refractivity (Wildman–Crippen MR) is 96.4 cm³/mol. The number of halogens is 1. The number of nitrogens with zero attached hydrogens (tertiary/aromatic N) is 3. The van der Waals surface area contributed by atoms with E-state index in [1.807, 2.05) is 44.3 Å². The van der Waals surface area contributed by atoms with E-state index < -0.39 is 0 Å². The minimum Gasteiger partial charge on any atom is -0.363 e. The molecule has 0 radical (unpaired) electrons. The van der Waals surface area contributed by atoms with Gasteiger partial charge in [0.25, 0.3) is 0 Å². The molecule has 1 unspecified atom stereocenters. The Labute approximate surface area is 144 Å². The Hall–Kier alpha value is -3.15. The van der Waals surface area contributed by atoms with Crippen molar-refractivity contribution in [3.8, 4) is 5.69 Å². The molecule has 0 amide bonds. The lowest BCUT2D eigenvalue weighted by Gasteiger charge is -2.16. The number of anilines is 1. The summed E-state index contributed by atoms with van der Waals surface area (Å²) in [4.78, 5) is 11.8. The molecular formula is C19H18FN5. The molecule has 3 aromatic heterocycles. The molecule has 0 spiro atoms. The molecule has 4 aromatic rings. The van der Waals surface area contributed by atoms with E-state index in [-0.39, 0.29) is 11.9 Å². The molecule has 0 saturated heterocycles. The van der Waals surface area contributed by atoms with E-state index in [0.29, 0.717) is 5.69 Å². The zero-order valence-corrected chi connectivity index (χ0v) is 14.0. The van der Waals surface area contributed by atoms with Crippen molar-refractivity contribution in [3.05, 3.63) is 72.2 Å². The molecule has 0 fully saturated rings. The van der Waals surface area contributed by atoms with Crippen LogP contribution in [0.4, 0.5) is 10.2 Å². The first-order valence-corrected chi connectivity index (χ1v) is 8.12. The van der Waals surface area contributed by atoms with Crippen LogP contribution in [0.3, 0.4) is 0 Å². The van der Waals surface area contributed by atoms with Crippen LogP contribution in [-0.2, 0) is 0 Å². The van der Waals surface area contributed by atoms with Gasteiger partial charge in [0.15, 0.2) is 0 Å². The zero-order chi connectivity index (χ0) is 17.4. The topological polar surface area (TPSA) is 58.5 Å². The molecule has 6 heteroatoms. The van der Waals surface area contributed by atoms with Gasteiger partial charge in [-0.05, 0) is 49.7 Å². The fourth-order valence-electron chi connectivity index (χ4n) is 2.94. The van der Waals surface area contributed by atoms with Gasteiger partial charge in [-0.15, -0.1) is 0 Å². The summed E-state index contributed by atoms with van der Waals surface area (Å²) in [6.07, 6.45) is 5.27. The quantitative estimate of drug-likeness (QED) is 0.582. The number of fused-ring (bicyclic) bond motifs is 1. The maximum atomic E-state index is 14.6. The van der Waals surface area contributed by atoms with Gasteiger partial charge < -0.3 is 14.9 Å². The lowest BCUT2D eigenvalue weighted by atomic mass is 10.1. The van der Waals surface area contributed by atoms with Crippen LogP contribution in [0, 0.1) is 12.7 Å². The molecule has 1 atom stereocenters. The van der Waals surface area contributed by atoms with Crippen LogP contribution in [0.1, 0.15) is 24.4 Å². The summed E-state index contributed by atoms with van der Waals surface area (Å²) in [7, 11) is 0. The van der Waals surface area contributed by atoms with Crippen molar-refractivity contribution < 1.29 is 4.39 Å². The number of rotatable bonds is 4. The summed E-state index contributed by atoms with van der Waals surface area (Å²) in [5, 5.41) is 4.38. The average molecular weight is 335 g/mol. The average Bonchev–Trinajstić information content (AvgIpc) is 3.23. The van der Waals surface area contributed by atoms with Gasteiger partial charge in [0.2, 0.25) is 0 Å². The second kappa shape index (κ2) is 6.05. The molecule has 126 valence electrons. The van der Waals surface area contributed by atoms with Gasteiger partial charge >= 0.3 is 0 Å². The van der Waals surface area contributed by atoms with Crippen LogP contribution >= 0.6 is 0 Å². The molecule has 5 nitrogen and oxygen atoms in total. The molecule has 0 saturated carbocycles. The SMILES string of the molecule is Cc1nccn1-c1ccc(C(C)Nc2ccc3cc[nH]c3n2)cc1F. The highest BCUT2D eigenvalue weighted by atomic mass is 19.1. The Morgan fingerprint density at radius 3 is 2.84 bits per heavy atom. The Balaban J connectivity index is 1.58. The minimum atomic E-state index is -0.278. The van der Waals surface area contributed by atoms with Crippen LogP contribution in [0.5, 0.6) is 0 Å². The van der Waals surface area contributed by atoms with Gasteiger partial charge in [-0.2, -0.15) is 0 Å². The maximum absolute atomic E-state index is 14.6. The molecule has 0 aliphatic rings. The number of aromatic amines is 1. The van der Waals surface area contributed by atoms with Crippen LogP contribution in [0.2, 0.25) is 0 Å². The summed E-state index contributed by atoms with van der Waals surface area (Å²) in [6, 6.07) is 11.1. The number of benzene rings is 1. The zero-order valence-electron chi connectivity index (χ0n) is 14.0. The van der Waals surface area contributed by atoms with Gasteiger partial charge in [0, 0.05) is 24.0 Å². The number of nitrogens with one attached hydrogen (secondary N) is 2. The fraction of sp³-hybridized carbons (Fsp3) is 0.158. The van der Waals surface area contributed by atoms with Crippen molar-refractivity contribution in [2.75, 3.05) is 5.32 Å². The second-order valence-corrected chi connectivity index (χ2v) is 6.03. The number of aryl methyl sites for hydroxylation is 1. The van der Waals surface area contributed by atoms with Crippen molar-refractivity contribution in [1.82, 2.24) is 19.5 Å². The Bertz CT molecular complexity index is 1030. The summed E-state index contributed by atoms with van der Waals surface area (Å²) in [5.41, 5.74) is 2.18. The molecular weight excluding hydrogens is 317 g/mol. The number of aromatic nitrogens is 4. The van der Waals surface area contributed by atoms with Crippen molar-refractivity contribution in [2.45, 2.75) is 19.9 Å².